The van der Waals surface area contributed by atoms with Crippen molar-refractivity contribution < 1.29 is 0 Å². The van der Waals surface area contributed by atoms with Gasteiger partial charge in [-0.25, -0.2) is 9.97 Å². The second-order valence-electron chi connectivity index (χ2n) is 9.17. The maximum Gasteiger partial charge on any atom is 0.208 e. The van der Waals surface area contributed by atoms with Gasteiger partial charge in [-0.05, 0) is 25.0 Å². The molecule has 2 aliphatic rings. The van der Waals surface area contributed by atoms with Gasteiger partial charge in [0.25, 0.3) is 0 Å². The first-order chi connectivity index (χ1) is 17.7. The van der Waals surface area contributed by atoms with E-state index < -0.39 is 0 Å². The molecule has 0 radical (unpaired) electrons. The van der Waals surface area contributed by atoms with E-state index >= 15 is 0 Å². The molecular weight excluding hydrogens is 472 g/mol. The zero-order chi connectivity index (χ0) is 24.5. The van der Waals surface area contributed by atoms with Crippen LogP contribution in [0.2, 0.25) is 0 Å². The molecule has 36 heavy (non-hydrogen) atoms. The van der Waals surface area contributed by atoms with Crippen molar-refractivity contribution in [3.05, 3.63) is 42.4 Å². The summed E-state index contributed by atoms with van der Waals surface area (Å²) in [5, 5.41) is 27.7. The fourth-order valence-corrected chi connectivity index (χ4v) is 6.07. The van der Waals surface area contributed by atoms with Crippen LogP contribution < -0.4 is 15.5 Å². The minimum Gasteiger partial charge on any atom is -0.387 e. The number of nitriles is 1. The highest BCUT2D eigenvalue weighted by molar-refractivity contribution is 7.18. The fourth-order valence-electron chi connectivity index (χ4n) is 5.14. The smallest absolute Gasteiger partial charge is 0.208 e. The van der Waals surface area contributed by atoms with Gasteiger partial charge in [-0.15, -0.1) is 10.2 Å². The Morgan fingerprint density at radius 3 is 2.69 bits per heavy atom. The molecule has 2 saturated heterocycles. The number of piperazine rings is 1. The van der Waals surface area contributed by atoms with Gasteiger partial charge in [0.15, 0.2) is 5.01 Å². The predicted molar refractivity (Wildman–Crippen MR) is 142 cm³/mol. The molecule has 0 bridgehead atoms. The second kappa shape index (κ2) is 9.81. The molecule has 4 aromatic rings. The summed E-state index contributed by atoms with van der Waals surface area (Å²) >= 11 is 1.62. The van der Waals surface area contributed by atoms with E-state index in [0.717, 1.165) is 77.5 Å². The highest BCUT2D eigenvalue weighted by atomic mass is 32.1. The summed E-state index contributed by atoms with van der Waals surface area (Å²) in [6.45, 7) is 6.53. The van der Waals surface area contributed by atoms with Crippen LogP contribution in [-0.2, 0) is 0 Å². The first-order valence-electron chi connectivity index (χ1n) is 12.3. The van der Waals surface area contributed by atoms with Crippen LogP contribution in [0, 0.1) is 11.3 Å². The van der Waals surface area contributed by atoms with Gasteiger partial charge in [0.05, 0.1) is 11.1 Å². The number of aromatic nitrogens is 5. The first-order valence-corrected chi connectivity index (χ1v) is 13.1. The number of fused-ring (bicyclic) bond motifs is 1. The Balaban J connectivity index is 1.20. The number of nitrogens with zero attached hydrogens (tertiary/aromatic N) is 8. The molecule has 6 heterocycles. The topological polar surface area (TPSA) is 111 Å². The molecule has 2 N–H and O–H groups in total. The summed E-state index contributed by atoms with van der Waals surface area (Å²) in [6.07, 6.45) is 7.69. The van der Waals surface area contributed by atoms with Crippen molar-refractivity contribution >= 4 is 33.2 Å². The molecule has 0 spiro atoms. The highest BCUT2D eigenvalue weighted by Crippen LogP contribution is 2.35. The molecule has 6 rings (SSSR count). The highest BCUT2D eigenvalue weighted by Gasteiger charge is 2.27. The zero-order valence-electron chi connectivity index (χ0n) is 20.2. The molecule has 0 amide bonds. The van der Waals surface area contributed by atoms with Gasteiger partial charge in [-0.1, -0.05) is 11.3 Å². The van der Waals surface area contributed by atoms with Crippen LogP contribution in [0.1, 0.15) is 18.4 Å². The predicted octanol–water partition coefficient (Wildman–Crippen LogP) is 2.73. The van der Waals surface area contributed by atoms with Crippen LogP contribution in [0.4, 0.5) is 10.8 Å². The van der Waals surface area contributed by atoms with Crippen molar-refractivity contribution in [3.63, 3.8) is 0 Å². The van der Waals surface area contributed by atoms with Gasteiger partial charge in [0, 0.05) is 88.1 Å². The summed E-state index contributed by atoms with van der Waals surface area (Å²) in [5.41, 5.74) is 3.16. The van der Waals surface area contributed by atoms with Crippen LogP contribution >= 0.6 is 11.3 Å². The molecule has 0 unspecified atom stereocenters. The molecule has 0 atom stereocenters. The van der Waals surface area contributed by atoms with Crippen molar-refractivity contribution in [2.75, 3.05) is 56.5 Å². The van der Waals surface area contributed by atoms with Gasteiger partial charge in [0.2, 0.25) is 5.13 Å². The number of hydrogen-bond acceptors (Lipinski definition) is 10. The van der Waals surface area contributed by atoms with Gasteiger partial charge in [0.1, 0.15) is 17.5 Å². The third-order valence-corrected chi connectivity index (χ3v) is 8.13. The number of hydrogen-bond donors (Lipinski definition) is 2. The lowest BCUT2D eigenvalue weighted by Crippen LogP contribution is -2.52. The average Bonchev–Trinajstić information content (AvgIpc) is 3.61. The molecule has 0 aliphatic carbocycles. The zero-order valence-corrected chi connectivity index (χ0v) is 21.0. The Morgan fingerprint density at radius 1 is 1.08 bits per heavy atom. The van der Waals surface area contributed by atoms with Crippen molar-refractivity contribution in [3.8, 4) is 22.5 Å². The standard InChI is InChI=1S/C25H28N10S/c1-27-21-13-22(35-9-2-18-12-17(14-26)15-30-23(18)35)29-16-20(21)24-31-32-25(36-24)34-7-3-19(4-8-34)33-10-5-28-6-11-33/h2,9,12-13,15-16,19,28H,3-8,10-11H2,1H3,(H,27,29). The Bertz CT molecular complexity index is 1410. The molecule has 2 fully saturated rings. The van der Waals surface area contributed by atoms with Crippen LogP contribution in [0.3, 0.4) is 0 Å². The minimum atomic E-state index is 0.541. The molecule has 4 aromatic heterocycles. The van der Waals surface area contributed by atoms with Crippen LogP contribution in [-0.4, -0.2) is 82.0 Å². The molecule has 184 valence electrons. The molecular formula is C25H28N10S. The van der Waals surface area contributed by atoms with E-state index in [1.807, 2.05) is 42.2 Å². The molecule has 11 heteroatoms. The Morgan fingerprint density at radius 2 is 1.92 bits per heavy atom. The van der Waals surface area contributed by atoms with E-state index in [2.05, 4.69) is 41.7 Å². The SMILES string of the molecule is CNc1cc(-n2ccc3cc(C#N)cnc32)ncc1-c1nnc(N2CCC(N3CCNCC3)CC2)s1. The Hall–Kier alpha value is -3.59. The van der Waals surface area contributed by atoms with Crippen molar-refractivity contribution in [1.29, 1.82) is 5.26 Å². The third kappa shape index (κ3) is 4.28. The number of pyridine rings is 2. The number of rotatable bonds is 5. The quantitative estimate of drug-likeness (QED) is 0.427. The van der Waals surface area contributed by atoms with Gasteiger partial charge in [-0.2, -0.15) is 5.26 Å². The number of piperidine rings is 1. The summed E-state index contributed by atoms with van der Waals surface area (Å²) in [7, 11) is 1.90. The largest absolute Gasteiger partial charge is 0.387 e. The Kier molecular flexibility index (Phi) is 6.23. The third-order valence-electron chi connectivity index (χ3n) is 7.11. The van der Waals surface area contributed by atoms with E-state index in [9.17, 15) is 0 Å². The van der Waals surface area contributed by atoms with Crippen LogP contribution in [0.5, 0.6) is 0 Å². The fraction of sp³-hybridized carbons (Fsp3) is 0.400. The van der Waals surface area contributed by atoms with Gasteiger partial charge < -0.3 is 15.5 Å². The lowest BCUT2D eigenvalue weighted by molar-refractivity contribution is 0.150. The van der Waals surface area contributed by atoms with Gasteiger partial charge in [-0.3, -0.25) is 9.47 Å². The molecule has 0 aromatic carbocycles. The van der Waals surface area contributed by atoms with E-state index in [0.29, 0.717) is 11.6 Å². The van der Waals surface area contributed by atoms with Crippen molar-refractivity contribution in [2.24, 2.45) is 0 Å². The summed E-state index contributed by atoms with van der Waals surface area (Å²) < 4.78 is 1.93. The molecule has 0 saturated carbocycles. The maximum atomic E-state index is 9.14. The van der Waals surface area contributed by atoms with Crippen LogP contribution in [0.25, 0.3) is 27.4 Å². The monoisotopic (exact) mass is 500 g/mol. The first kappa shape index (κ1) is 22.8. The molecule has 2 aliphatic heterocycles. The van der Waals surface area contributed by atoms with E-state index in [1.165, 1.54) is 12.8 Å². The maximum absolute atomic E-state index is 9.14. The Labute approximate surface area is 213 Å². The van der Waals surface area contributed by atoms with Crippen molar-refractivity contribution in [1.82, 2.24) is 34.9 Å². The lowest BCUT2D eigenvalue weighted by atomic mass is 10.0. The normalized spacial score (nSPS) is 17.4. The number of anilines is 2. The summed E-state index contributed by atoms with van der Waals surface area (Å²) in [6, 6.07) is 8.59. The van der Waals surface area contributed by atoms with E-state index in [1.54, 1.807) is 17.5 Å². The average molecular weight is 501 g/mol. The number of nitrogens with one attached hydrogen (secondary N) is 2. The van der Waals surface area contributed by atoms with Crippen molar-refractivity contribution in [2.45, 2.75) is 18.9 Å². The van der Waals surface area contributed by atoms with E-state index in [4.69, 9.17) is 10.2 Å². The van der Waals surface area contributed by atoms with Gasteiger partial charge >= 0.3 is 0 Å². The minimum absolute atomic E-state index is 0.541. The second-order valence-corrected chi connectivity index (χ2v) is 10.1. The lowest BCUT2D eigenvalue weighted by Gasteiger charge is -2.40. The summed E-state index contributed by atoms with van der Waals surface area (Å²) in [4.78, 5) is 14.2. The van der Waals surface area contributed by atoms with E-state index in [-0.39, 0.29) is 0 Å². The summed E-state index contributed by atoms with van der Waals surface area (Å²) in [5.74, 6) is 0.745. The molecule has 10 nitrogen and oxygen atoms in total. The van der Waals surface area contributed by atoms with Crippen LogP contribution in [0.15, 0.2) is 36.8 Å².